The van der Waals surface area contributed by atoms with Gasteiger partial charge in [-0.15, -0.1) is 0 Å². The first-order valence-electron chi connectivity index (χ1n) is 11.3. The van der Waals surface area contributed by atoms with Gasteiger partial charge in [-0.1, -0.05) is 36.4 Å². The summed E-state index contributed by atoms with van der Waals surface area (Å²) in [7, 11) is 0. The second kappa shape index (κ2) is 9.49. The monoisotopic (exact) mass is 441 g/mol. The van der Waals surface area contributed by atoms with Gasteiger partial charge in [0.2, 0.25) is 0 Å². The van der Waals surface area contributed by atoms with Crippen LogP contribution >= 0.6 is 0 Å². The Balaban J connectivity index is 1.62. The Labute approximate surface area is 195 Å². The summed E-state index contributed by atoms with van der Waals surface area (Å²) in [6.07, 6.45) is 0. The predicted molar refractivity (Wildman–Crippen MR) is 133 cm³/mol. The summed E-state index contributed by atoms with van der Waals surface area (Å²) >= 11 is 0. The molecule has 1 N–H and O–H groups in total. The van der Waals surface area contributed by atoms with E-state index in [1.54, 1.807) is 0 Å². The quantitative estimate of drug-likeness (QED) is 0.408. The van der Waals surface area contributed by atoms with Crippen molar-refractivity contribution in [1.82, 2.24) is 14.9 Å². The van der Waals surface area contributed by atoms with Crippen molar-refractivity contribution in [2.45, 2.75) is 47.2 Å². The maximum atomic E-state index is 12.6. The number of hydrogen-bond donors (Lipinski definition) is 1. The molecule has 5 heteroatoms. The lowest BCUT2D eigenvalue weighted by Crippen LogP contribution is -2.32. The van der Waals surface area contributed by atoms with Gasteiger partial charge in [0.15, 0.2) is 6.61 Å². The Bertz CT molecular complexity index is 1270. The van der Waals surface area contributed by atoms with Crippen molar-refractivity contribution in [2.24, 2.45) is 0 Å². The van der Waals surface area contributed by atoms with E-state index in [9.17, 15) is 4.79 Å². The van der Waals surface area contributed by atoms with Crippen molar-refractivity contribution in [3.8, 4) is 5.75 Å². The summed E-state index contributed by atoms with van der Waals surface area (Å²) < 4.78 is 7.84. The summed E-state index contributed by atoms with van der Waals surface area (Å²) in [4.78, 5) is 17.5. The molecule has 4 aromatic rings. The van der Waals surface area contributed by atoms with E-state index in [2.05, 4.69) is 49.7 Å². The van der Waals surface area contributed by atoms with Gasteiger partial charge in [-0.25, -0.2) is 4.98 Å². The van der Waals surface area contributed by atoms with Crippen LogP contribution in [0.4, 0.5) is 0 Å². The van der Waals surface area contributed by atoms with Crippen LogP contribution in [-0.4, -0.2) is 22.1 Å². The van der Waals surface area contributed by atoms with Crippen molar-refractivity contribution in [1.29, 1.82) is 0 Å². The van der Waals surface area contributed by atoms with Crippen LogP contribution in [0.1, 0.15) is 46.6 Å². The van der Waals surface area contributed by atoms with Crippen molar-refractivity contribution in [3.63, 3.8) is 0 Å². The van der Waals surface area contributed by atoms with Gasteiger partial charge in [0.25, 0.3) is 5.91 Å². The molecule has 0 aliphatic heterocycles. The lowest BCUT2D eigenvalue weighted by Gasteiger charge is -2.20. The maximum absolute atomic E-state index is 12.6. The Kier molecular flexibility index (Phi) is 6.50. The molecule has 5 nitrogen and oxygen atoms in total. The topological polar surface area (TPSA) is 56.2 Å². The summed E-state index contributed by atoms with van der Waals surface area (Å²) in [5, 5.41) is 3.06. The van der Waals surface area contributed by atoms with E-state index in [-0.39, 0.29) is 18.6 Å². The number of amides is 1. The van der Waals surface area contributed by atoms with Gasteiger partial charge >= 0.3 is 0 Å². The van der Waals surface area contributed by atoms with Crippen LogP contribution in [0.5, 0.6) is 5.75 Å². The van der Waals surface area contributed by atoms with E-state index < -0.39 is 0 Å². The van der Waals surface area contributed by atoms with Crippen LogP contribution < -0.4 is 10.1 Å². The molecule has 3 aromatic carbocycles. The zero-order valence-electron chi connectivity index (χ0n) is 20.0. The smallest absolute Gasteiger partial charge is 0.258 e. The summed E-state index contributed by atoms with van der Waals surface area (Å²) in [6.45, 7) is 11.3. The number of nitrogens with zero attached hydrogens (tertiary/aromatic N) is 2. The molecule has 4 rings (SSSR count). The Morgan fingerprint density at radius 1 is 0.970 bits per heavy atom. The van der Waals surface area contributed by atoms with Gasteiger partial charge in [0, 0.05) is 6.54 Å². The third-order valence-electron chi connectivity index (χ3n) is 6.40. The second-order valence-electron chi connectivity index (χ2n) is 8.67. The number of ether oxygens (including phenoxy) is 1. The first-order chi connectivity index (χ1) is 15.8. The molecule has 170 valence electrons. The average molecular weight is 442 g/mol. The molecule has 0 saturated carbocycles. The fraction of sp³-hybridized carbons (Fsp3) is 0.286. The zero-order chi connectivity index (χ0) is 23.5. The fourth-order valence-electron chi connectivity index (χ4n) is 4.30. The number of carbonyl (C=O) groups excluding carboxylic acids is 1. The summed E-state index contributed by atoms with van der Waals surface area (Å²) in [5.74, 6) is 1.33. The highest BCUT2D eigenvalue weighted by molar-refractivity contribution is 5.79. The van der Waals surface area contributed by atoms with Gasteiger partial charge in [-0.3, -0.25) is 4.79 Å². The van der Waals surface area contributed by atoms with E-state index in [1.807, 2.05) is 55.5 Å². The highest BCUT2D eigenvalue weighted by atomic mass is 16.5. The third kappa shape index (κ3) is 4.77. The number of benzene rings is 3. The second-order valence-corrected chi connectivity index (χ2v) is 8.67. The molecule has 1 atom stereocenters. The van der Waals surface area contributed by atoms with Crippen molar-refractivity contribution < 1.29 is 9.53 Å². The minimum Gasteiger partial charge on any atom is -0.484 e. The number of fused-ring (bicyclic) bond motifs is 1. The highest BCUT2D eigenvalue weighted by Crippen LogP contribution is 2.27. The lowest BCUT2D eigenvalue weighted by molar-refractivity contribution is -0.123. The molecule has 0 bridgehead atoms. The summed E-state index contributed by atoms with van der Waals surface area (Å²) in [5.41, 5.74) is 8.48. The first kappa shape index (κ1) is 22.6. The molecular formula is C28H31N3O2. The van der Waals surface area contributed by atoms with Crippen LogP contribution in [-0.2, 0) is 11.3 Å². The van der Waals surface area contributed by atoms with Crippen LogP contribution in [0, 0.1) is 27.7 Å². The van der Waals surface area contributed by atoms with Crippen LogP contribution in [0.15, 0.2) is 60.7 Å². The zero-order valence-corrected chi connectivity index (χ0v) is 20.0. The number of aromatic nitrogens is 2. The Morgan fingerprint density at radius 3 is 2.30 bits per heavy atom. The van der Waals surface area contributed by atoms with Crippen molar-refractivity contribution >= 4 is 16.9 Å². The van der Waals surface area contributed by atoms with E-state index in [0.717, 1.165) is 16.9 Å². The Hall–Kier alpha value is -3.60. The first-order valence-corrected chi connectivity index (χ1v) is 11.3. The molecule has 0 aliphatic rings. The molecule has 1 unspecified atom stereocenters. The molecule has 1 amide bonds. The van der Waals surface area contributed by atoms with E-state index >= 15 is 0 Å². The fourth-order valence-corrected chi connectivity index (χ4v) is 4.30. The largest absolute Gasteiger partial charge is 0.484 e. The number of nitrogens with one attached hydrogen (secondary N) is 1. The highest BCUT2D eigenvalue weighted by Gasteiger charge is 2.20. The number of para-hydroxylation sites is 3. The van der Waals surface area contributed by atoms with Gasteiger partial charge < -0.3 is 14.6 Å². The molecule has 1 aromatic heterocycles. The molecule has 33 heavy (non-hydrogen) atoms. The van der Waals surface area contributed by atoms with Crippen LogP contribution in [0.25, 0.3) is 11.0 Å². The molecule has 1 heterocycles. The number of rotatable bonds is 7. The molecule has 0 radical (unpaired) electrons. The number of imidazole rings is 1. The molecular weight excluding hydrogens is 410 g/mol. The van der Waals surface area contributed by atoms with Gasteiger partial charge in [-0.05, 0) is 86.7 Å². The number of carbonyl (C=O) groups is 1. The molecule has 0 fully saturated rings. The van der Waals surface area contributed by atoms with Crippen LogP contribution in [0.2, 0.25) is 0 Å². The average Bonchev–Trinajstić information content (AvgIpc) is 3.18. The SMILES string of the molecule is Cc1cc(C)c(C)c(Cn2c(C(C)NC(=O)COc3ccccc3)nc3ccccc32)c1C. The van der Waals surface area contributed by atoms with Crippen LogP contribution in [0.3, 0.4) is 0 Å². The van der Waals surface area contributed by atoms with E-state index in [0.29, 0.717) is 12.3 Å². The van der Waals surface area contributed by atoms with E-state index in [4.69, 9.17) is 9.72 Å². The van der Waals surface area contributed by atoms with Crippen molar-refractivity contribution in [3.05, 3.63) is 94.3 Å². The standard InChI is InChI=1S/C28H31N3O2/c1-18-15-19(2)21(4)24(20(18)3)16-31-26-14-10-9-13-25(26)30-28(31)22(5)29-27(32)17-33-23-11-7-6-8-12-23/h6-15,22H,16-17H2,1-5H3,(H,29,32). The maximum Gasteiger partial charge on any atom is 0.258 e. The Morgan fingerprint density at radius 2 is 1.61 bits per heavy atom. The third-order valence-corrected chi connectivity index (χ3v) is 6.40. The van der Waals surface area contributed by atoms with Gasteiger partial charge in [-0.2, -0.15) is 0 Å². The van der Waals surface area contributed by atoms with Gasteiger partial charge in [0.1, 0.15) is 11.6 Å². The summed E-state index contributed by atoms with van der Waals surface area (Å²) in [6, 6.07) is 19.5. The normalized spacial score (nSPS) is 12.0. The molecule has 0 aliphatic carbocycles. The van der Waals surface area contributed by atoms with E-state index in [1.165, 1.54) is 27.8 Å². The molecule has 0 saturated heterocycles. The number of hydrogen-bond acceptors (Lipinski definition) is 3. The lowest BCUT2D eigenvalue weighted by atomic mass is 9.94. The minimum absolute atomic E-state index is 0.0378. The molecule has 0 spiro atoms. The van der Waals surface area contributed by atoms with Gasteiger partial charge in [0.05, 0.1) is 17.1 Å². The predicted octanol–water partition coefficient (Wildman–Crippen LogP) is 5.57. The number of aryl methyl sites for hydroxylation is 2. The van der Waals surface area contributed by atoms with Crippen molar-refractivity contribution in [2.75, 3.05) is 6.61 Å². The minimum atomic E-state index is -0.268.